The molecular weight excluding hydrogens is 397 g/mol. The Kier molecular flexibility index (Phi) is 6.56. The summed E-state index contributed by atoms with van der Waals surface area (Å²) in [6, 6.07) is 1.75. The Balaban J connectivity index is 1.77. The predicted octanol–water partition coefficient (Wildman–Crippen LogP) is 3.14. The predicted molar refractivity (Wildman–Crippen MR) is 105 cm³/mol. The molecule has 0 radical (unpaired) electrons. The van der Waals surface area contributed by atoms with Gasteiger partial charge in [0.15, 0.2) is 0 Å². The fraction of sp³-hybridized carbons (Fsp3) is 0.667. The van der Waals surface area contributed by atoms with Crippen molar-refractivity contribution in [3.8, 4) is 6.07 Å². The summed E-state index contributed by atoms with van der Waals surface area (Å²) in [6.07, 6.45) is -1.68. The number of alkyl halides is 3. The summed E-state index contributed by atoms with van der Waals surface area (Å²) in [6.45, 7) is 7.44. The van der Waals surface area contributed by atoms with Crippen molar-refractivity contribution in [1.82, 2.24) is 9.80 Å². The molecule has 164 valence electrons. The van der Waals surface area contributed by atoms with E-state index < -0.39 is 17.3 Å². The van der Waals surface area contributed by atoms with Gasteiger partial charge in [0.2, 0.25) is 0 Å². The summed E-state index contributed by atoms with van der Waals surface area (Å²) in [4.78, 5) is 19.9. The number of ether oxygens (including phenoxy) is 1. The zero-order valence-electron chi connectivity index (χ0n) is 17.3. The van der Waals surface area contributed by atoms with Crippen molar-refractivity contribution in [2.75, 3.05) is 33.4 Å². The second-order valence-electron chi connectivity index (χ2n) is 8.29. The first-order valence-electron chi connectivity index (χ1n) is 10.1. The number of hydrogen-bond acceptors (Lipinski definition) is 5. The lowest BCUT2D eigenvalue weighted by molar-refractivity contribution is -0.147. The van der Waals surface area contributed by atoms with E-state index in [1.807, 2.05) is 6.92 Å². The van der Waals surface area contributed by atoms with Crippen molar-refractivity contribution in [2.45, 2.75) is 38.4 Å². The average Bonchev–Trinajstić information content (AvgIpc) is 2.70. The van der Waals surface area contributed by atoms with Crippen molar-refractivity contribution in [2.24, 2.45) is 22.7 Å². The van der Waals surface area contributed by atoms with Crippen LogP contribution in [0.3, 0.4) is 0 Å². The molecule has 0 aromatic heterocycles. The second-order valence-corrected chi connectivity index (χ2v) is 8.29. The fourth-order valence-electron chi connectivity index (χ4n) is 4.71. The van der Waals surface area contributed by atoms with Gasteiger partial charge in [-0.3, -0.25) is 14.7 Å². The maximum atomic E-state index is 13.4. The molecule has 0 aromatic carbocycles. The fourth-order valence-corrected chi connectivity index (χ4v) is 4.71. The number of piperidine rings is 2. The summed E-state index contributed by atoms with van der Waals surface area (Å²) in [5, 5.41) is 9.52. The first kappa shape index (κ1) is 22.3. The summed E-state index contributed by atoms with van der Waals surface area (Å²) in [5.74, 6) is 0.931. The molecule has 0 spiro atoms. The number of amidine groups is 1. The third-order valence-corrected chi connectivity index (χ3v) is 6.56. The first-order chi connectivity index (χ1) is 14.2. The Labute approximate surface area is 174 Å². The molecule has 9 heteroatoms. The number of carbonyl (C=O) groups is 1. The standard InChI is InChI=1S/C21H27F3N4O2/c1-4-18(21(22,23)24)17(9-25)20(28-6-5-13(28)2)26-12-27-10-14-7-15(11-27)16(14)8-19(29)30-3/h4,13-16H,1,5-8,10-12H2,2-3H3/b18-17+,26-20+/t13-,14?,15?,16?/m0/s1. The molecule has 3 heterocycles. The van der Waals surface area contributed by atoms with E-state index in [0.29, 0.717) is 36.8 Å². The highest BCUT2D eigenvalue weighted by Crippen LogP contribution is 2.47. The molecule has 4 rings (SSSR count). The van der Waals surface area contributed by atoms with E-state index in [1.165, 1.54) is 7.11 Å². The molecule has 3 atom stereocenters. The SMILES string of the molecule is C=C/C(=C(C#N)\C(=N/CN1CC2CC(C1)C2CC(=O)OC)N1CC[C@@H]1C)C(F)(F)F. The van der Waals surface area contributed by atoms with E-state index >= 15 is 0 Å². The van der Waals surface area contributed by atoms with Gasteiger partial charge in [-0.1, -0.05) is 12.7 Å². The third kappa shape index (κ3) is 4.38. The third-order valence-electron chi connectivity index (χ3n) is 6.56. The smallest absolute Gasteiger partial charge is 0.417 e. The number of nitrogens with zero attached hydrogens (tertiary/aromatic N) is 4. The Bertz CT molecular complexity index is 787. The number of methoxy groups -OCH3 is 1. The minimum absolute atomic E-state index is 0.0330. The van der Waals surface area contributed by atoms with Crippen molar-refractivity contribution in [3.05, 3.63) is 23.8 Å². The quantitative estimate of drug-likeness (QED) is 0.215. The van der Waals surface area contributed by atoms with Crippen molar-refractivity contribution >= 4 is 11.8 Å². The number of esters is 1. The van der Waals surface area contributed by atoms with Gasteiger partial charge in [-0.05, 0) is 37.5 Å². The number of allylic oxidation sites excluding steroid dienone is 2. The molecule has 4 aliphatic rings. The molecule has 30 heavy (non-hydrogen) atoms. The molecule has 0 amide bonds. The molecule has 2 bridgehead atoms. The Morgan fingerprint density at radius 3 is 2.47 bits per heavy atom. The number of nitriles is 1. The Morgan fingerprint density at radius 1 is 1.37 bits per heavy atom. The van der Waals surface area contributed by atoms with E-state index in [4.69, 9.17) is 4.74 Å². The van der Waals surface area contributed by atoms with Crippen LogP contribution < -0.4 is 0 Å². The number of rotatable bonds is 6. The van der Waals surface area contributed by atoms with Crippen LogP contribution in [-0.2, 0) is 9.53 Å². The zero-order chi connectivity index (χ0) is 22.1. The van der Waals surface area contributed by atoms with E-state index in [0.717, 1.165) is 25.9 Å². The summed E-state index contributed by atoms with van der Waals surface area (Å²) in [5.41, 5.74) is -1.53. The molecule has 6 nitrogen and oxygen atoms in total. The lowest BCUT2D eigenvalue weighted by Crippen LogP contribution is -2.56. The van der Waals surface area contributed by atoms with E-state index in [1.54, 1.807) is 11.0 Å². The van der Waals surface area contributed by atoms with Crippen LogP contribution in [0.15, 0.2) is 28.8 Å². The van der Waals surface area contributed by atoms with Crippen molar-refractivity contribution < 1.29 is 22.7 Å². The van der Waals surface area contributed by atoms with Crippen LogP contribution in [-0.4, -0.2) is 67.2 Å². The highest BCUT2D eigenvalue weighted by Gasteiger charge is 2.47. The number of aliphatic imine (C=N–C) groups is 1. The Hall–Kier alpha value is -2.34. The van der Waals surface area contributed by atoms with Crippen molar-refractivity contribution in [3.63, 3.8) is 0 Å². The van der Waals surface area contributed by atoms with Crippen LogP contribution in [0.2, 0.25) is 0 Å². The van der Waals surface area contributed by atoms with Crippen molar-refractivity contribution in [1.29, 1.82) is 5.26 Å². The van der Waals surface area contributed by atoms with E-state index in [2.05, 4.69) is 16.5 Å². The van der Waals surface area contributed by atoms with Crippen LogP contribution in [0.5, 0.6) is 0 Å². The highest BCUT2D eigenvalue weighted by molar-refractivity contribution is 6.03. The summed E-state index contributed by atoms with van der Waals surface area (Å²) in [7, 11) is 1.38. The number of likely N-dealkylation sites (tertiary alicyclic amines) is 1. The maximum Gasteiger partial charge on any atom is 0.417 e. The van der Waals surface area contributed by atoms with E-state index in [9.17, 15) is 23.2 Å². The van der Waals surface area contributed by atoms with Crippen LogP contribution in [0, 0.1) is 29.1 Å². The van der Waals surface area contributed by atoms with Gasteiger partial charge in [-0.2, -0.15) is 18.4 Å². The van der Waals surface area contributed by atoms with Gasteiger partial charge in [-0.15, -0.1) is 0 Å². The van der Waals surface area contributed by atoms with Crippen LogP contribution >= 0.6 is 0 Å². The normalized spacial score (nSPS) is 29.9. The number of halogens is 3. The molecule has 2 unspecified atom stereocenters. The van der Waals surface area contributed by atoms with Gasteiger partial charge >= 0.3 is 12.1 Å². The minimum Gasteiger partial charge on any atom is -0.469 e. The van der Waals surface area contributed by atoms with Gasteiger partial charge in [0, 0.05) is 32.1 Å². The van der Waals surface area contributed by atoms with Crippen LogP contribution in [0.4, 0.5) is 13.2 Å². The van der Waals surface area contributed by atoms with Gasteiger partial charge < -0.3 is 9.64 Å². The molecule has 0 N–H and O–H groups in total. The highest BCUT2D eigenvalue weighted by atomic mass is 19.4. The summed E-state index contributed by atoms with van der Waals surface area (Å²) < 4.78 is 45.0. The molecular formula is C21H27F3N4O2. The average molecular weight is 424 g/mol. The van der Waals surface area contributed by atoms with Gasteiger partial charge in [0.25, 0.3) is 0 Å². The topological polar surface area (TPSA) is 68.9 Å². The van der Waals surface area contributed by atoms with Gasteiger partial charge in [-0.25, -0.2) is 0 Å². The molecule has 4 fully saturated rings. The first-order valence-corrected chi connectivity index (χ1v) is 10.1. The lowest BCUT2D eigenvalue weighted by atomic mass is 9.60. The molecule has 1 aliphatic carbocycles. The summed E-state index contributed by atoms with van der Waals surface area (Å²) >= 11 is 0. The largest absolute Gasteiger partial charge is 0.469 e. The van der Waals surface area contributed by atoms with Crippen LogP contribution in [0.25, 0.3) is 0 Å². The number of hydrogen-bond donors (Lipinski definition) is 0. The maximum absolute atomic E-state index is 13.4. The second kappa shape index (κ2) is 8.80. The molecule has 3 saturated heterocycles. The zero-order valence-corrected chi connectivity index (χ0v) is 17.3. The minimum atomic E-state index is -4.67. The van der Waals surface area contributed by atoms with E-state index in [-0.39, 0.29) is 24.5 Å². The molecule has 0 aromatic rings. The van der Waals surface area contributed by atoms with Gasteiger partial charge in [0.05, 0.1) is 19.4 Å². The van der Waals surface area contributed by atoms with Crippen LogP contribution in [0.1, 0.15) is 26.2 Å². The van der Waals surface area contributed by atoms with Gasteiger partial charge in [0.1, 0.15) is 17.5 Å². The lowest BCUT2D eigenvalue weighted by Gasteiger charge is -2.53. The number of carbonyl (C=O) groups excluding carboxylic acids is 1. The number of fused-ring (bicyclic) bond motifs is 2. The Morgan fingerprint density at radius 2 is 2.03 bits per heavy atom. The monoisotopic (exact) mass is 424 g/mol. The molecule has 3 aliphatic heterocycles. The molecule has 1 saturated carbocycles.